The van der Waals surface area contributed by atoms with Gasteiger partial charge in [0, 0.05) is 24.7 Å². The number of ether oxygens (including phenoxy) is 2. The number of para-hydroxylation sites is 1. The molecule has 0 N–H and O–H groups in total. The highest BCUT2D eigenvalue weighted by Gasteiger charge is 2.39. The molecule has 2 aromatic carbocycles. The van der Waals surface area contributed by atoms with E-state index >= 15 is 0 Å². The van der Waals surface area contributed by atoms with Crippen molar-refractivity contribution in [2.45, 2.75) is 52.5 Å². The first-order valence-corrected chi connectivity index (χ1v) is 12.9. The zero-order valence-corrected chi connectivity index (χ0v) is 21.9. The lowest BCUT2D eigenvalue weighted by Gasteiger charge is -2.39. The topological polar surface area (TPSA) is 51.7 Å². The molecule has 6 nitrogen and oxygen atoms in total. The molecule has 1 aliphatic rings. The molecule has 36 heavy (non-hydrogen) atoms. The number of nitrogens with zero attached hydrogens (tertiary/aromatic N) is 3. The quantitative estimate of drug-likeness (QED) is 0.280. The van der Waals surface area contributed by atoms with Crippen molar-refractivity contribution in [3.63, 3.8) is 0 Å². The van der Waals surface area contributed by atoms with Crippen LogP contribution in [0.5, 0.6) is 5.75 Å². The minimum Gasteiger partial charge on any atom is -0.488 e. The summed E-state index contributed by atoms with van der Waals surface area (Å²) in [5, 5.41) is 0. The van der Waals surface area contributed by atoms with Crippen LogP contribution in [-0.2, 0) is 17.9 Å². The molecular weight excluding hydrogens is 450 g/mol. The number of hydrogen-bond acceptors (Lipinski definition) is 5. The number of aromatic nitrogens is 1. The molecule has 3 aromatic rings. The van der Waals surface area contributed by atoms with Gasteiger partial charge in [-0.05, 0) is 50.6 Å². The molecule has 1 aromatic heterocycles. The second-order valence-corrected chi connectivity index (χ2v) is 10.1. The van der Waals surface area contributed by atoms with Crippen LogP contribution < -0.4 is 9.64 Å². The minimum absolute atomic E-state index is 0.166. The smallest absolute Gasteiger partial charge is 0.342 e. The summed E-state index contributed by atoms with van der Waals surface area (Å²) in [5.41, 5.74) is 2.92. The number of carbonyl (C=O) groups excluding carboxylic acids is 1. The monoisotopic (exact) mass is 488 g/mol. The van der Waals surface area contributed by atoms with Gasteiger partial charge in [0.1, 0.15) is 36.3 Å². The summed E-state index contributed by atoms with van der Waals surface area (Å²) in [7, 11) is 2.33. The van der Waals surface area contributed by atoms with Crippen LogP contribution in [-0.4, -0.2) is 54.3 Å². The van der Waals surface area contributed by atoms with Crippen LogP contribution in [0.25, 0.3) is 0 Å². The molecule has 0 spiro atoms. The van der Waals surface area contributed by atoms with Crippen LogP contribution in [0.4, 0.5) is 5.82 Å². The van der Waals surface area contributed by atoms with Gasteiger partial charge < -0.3 is 18.9 Å². The zero-order chi connectivity index (χ0) is 25.5. The van der Waals surface area contributed by atoms with Gasteiger partial charge in [0.05, 0.1) is 26.2 Å². The van der Waals surface area contributed by atoms with Crippen LogP contribution in [0.3, 0.4) is 0 Å². The Kier molecular flexibility index (Phi) is 8.26. The molecule has 6 heteroatoms. The molecule has 190 valence electrons. The van der Waals surface area contributed by atoms with Crippen molar-refractivity contribution in [1.29, 1.82) is 0 Å². The van der Waals surface area contributed by atoms with Crippen LogP contribution >= 0.6 is 0 Å². The van der Waals surface area contributed by atoms with Crippen molar-refractivity contribution in [2.75, 3.05) is 31.6 Å². The Hall–Kier alpha value is -3.38. The van der Waals surface area contributed by atoms with E-state index in [0.29, 0.717) is 18.2 Å². The fourth-order valence-electron chi connectivity index (χ4n) is 4.93. The lowest BCUT2D eigenvalue weighted by Crippen LogP contribution is -2.52. The maximum Gasteiger partial charge on any atom is 0.342 e. The summed E-state index contributed by atoms with van der Waals surface area (Å²) < 4.78 is 12.6. The number of hydrogen-bond donors (Lipinski definition) is 0. The van der Waals surface area contributed by atoms with E-state index in [2.05, 4.69) is 54.2 Å². The van der Waals surface area contributed by atoms with Crippen LogP contribution in [0, 0.1) is 0 Å². The van der Waals surface area contributed by atoms with E-state index in [1.54, 1.807) is 12.3 Å². The Balaban J connectivity index is 1.48. The number of quaternary nitrogens is 1. The van der Waals surface area contributed by atoms with E-state index in [9.17, 15) is 4.79 Å². The van der Waals surface area contributed by atoms with Crippen molar-refractivity contribution in [2.24, 2.45) is 0 Å². The number of benzene rings is 2. The zero-order valence-electron chi connectivity index (χ0n) is 21.9. The van der Waals surface area contributed by atoms with Crippen LogP contribution in [0.2, 0.25) is 0 Å². The van der Waals surface area contributed by atoms with Crippen molar-refractivity contribution < 1.29 is 18.8 Å². The predicted octanol–water partition coefficient (Wildman–Crippen LogP) is 5.47. The summed E-state index contributed by atoms with van der Waals surface area (Å²) >= 11 is 0. The Morgan fingerprint density at radius 1 is 1.08 bits per heavy atom. The van der Waals surface area contributed by atoms with Gasteiger partial charge in [0.2, 0.25) is 0 Å². The number of likely N-dealkylation sites (N-methyl/N-ethyl adjacent to an activating group) is 1. The molecule has 2 unspecified atom stereocenters. The molecule has 1 saturated heterocycles. The van der Waals surface area contributed by atoms with Gasteiger partial charge in [-0.15, -0.1) is 0 Å². The molecule has 0 radical (unpaired) electrons. The highest BCUT2D eigenvalue weighted by atomic mass is 16.5. The molecule has 0 bridgehead atoms. The van der Waals surface area contributed by atoms with E-state index in [0.717, 1.165) is 54.2 Å². The first kappa shape index (κ1) is 25.7. The maximum atomic E-state index is 12.7. The van der Waals surface area contributed by atoms with E-state index < -0.39 is 0 Å². The van der Waals surface area contributed by atoms with Gasteiger partial charge in [-0.3, -0.25) is 0 Å². The molecular formula is C30H38N3O3+. The van der Waals surface area contributed by atoms with Crippen molar-refractivity contribution in [3.05, 3.63) is 89.6 Å². The van der Waals surface area contributed by atoms with Gasteiger partial charge in [0.15, 0.2) is 0 Å². The summed E-state index contributed by atoms with van der Waals surface area (Å²) in [6.07, 6.45) is 2.62. The highest BCUT2D eigenvalue weighted by molar-refractivity contribution is 5.94. The van der Waals surface area contributed by atoms with Gasteiger partial charge in [-0.25, -0.2) is 9.78 Å². The fourth-order valence-corrected chi connectivity index (χ4v) is 4.93. The predicted molar refractivity (Wildman–Crippen MR) is 143 cm³/mol. The second-order valence-electron chi connectivity index (χ2n) is 10.1. The number of pyridine rings is 1. The van der Waals surface area contributed by atoms with E-state index in [-0.39, 0.29) is 12.1 Å². The highest BCUT2D eigenvalue weighted by Crippen LogP contribution is 2.31. The normalized spacial score (nSPS) is 17.1. The van der Waals surface area contributed by atoms with Crippen molar-refractivity contribution in [3.8, 4) is 5.75 Å². The Morgan fingerprint density at radius 2 is 1.83 bits per heavy atom. The largest absolute Gasteiger partial charge is 0.488 e. The second kappa shape index (κ2) is 11.6. The molecule has 2 heterocycles. The number of anilines is 1. The third kappa shape index (κ3) is 6.05. The summed E-state index contributed by atoms with van der Waals surface area (Å²) in [4.78, 5) is 19.5. The standard InChI is InChI=1S/C30H38N3O3/c1-5-33(4,21-25-14-9-10-16-28(25)35-22-24-12-7-6-8-13-24)26-17-19-32(20-26)29-27(15-11-18-31-29)30(34)36-23(2)3/h6-16,18,23,26H,5,17,19-22H2,1-4H3/q+1. The number of esters is 1. The van der Waals surface area contributed by atoms with Crippen LogP contribution in [0.1, 0.15) is 48.7 Å². The minimum atomic E-state index is -0.311. The summed E-state index contributed by atoms with van der Waals surface area (Å²) in [6.45, 7) is 10.1. The SMILES string of the molecule is CC[N+](C)(Cc1ccccc1OCc1ccccc1)C1CCN(c2ncccc2C(=O)OC(C)C)C1. The Labute approximate surface area is 215 Å². The molecule has 1 fully saturated rings. The molecule has 1 aliphatic heterocycles. The van der Waals surface area contributed by atoms with Crippen LogP contribution in [0.15, 0.2) is 72.9 Å². The van der Waals surface area contributed by atoms with E-state index in [4.69, 9.17) is 9.47 Å². The van der Waals surface area contributed by atoms with Gasteiger partial charge in [-0.1, -0.05) is 42.5 Å². The third-order valence-corrected chi connectivity index (χ3v) is 7.16. The molecule has 0 aliphatic carbocycles. The third-order valence-electron chi connectivity index (χ3n) is 7.16. The number of rotatable bonds is 10. The van der Waals surface area contributed by atoms with E-state index in [1.807, 2.05) is 44.2 Å². The Bertz CT molecular complexity index is 1150. The first-order chi connectivity index (χ1) is 17.4. The van der Waals surface area contributed by atoms with E-state index in [1.165, 1.54) is 5.56 Å². The van der Waals surface area contributed by atoms with Gasteiger partial charge in [0.25, 0.3) is 0 Å². The first-order valence-electron chi connectivity index (χ1n) is 12.9. The Morgan fingerprint density at radius 3 is 2.58 bits per heavy atom. The lowest BCUT2D eigenvalue weighted by atomic mass is 10.1. The van der Waals surface area contributed by atoms with Gasteiger partial charge >= 0.3 is 5.97 Å². The molecule has 0 saturated carbocycles. The molecule has 0 amide bonds. The molecule has 4 rings (SSSR count). The number of carbonyl (C=O) groups is 1. The summed E-state index contributed by atoms with van der Waals surface area (Å²) in [5.74, 6) is 1.35. The van der Waals surface area contributed by atoms with Gasteiger partial charge in [-0.2, -0.15) is 0 Å². The molecule has 2 atom stereocenters. The average molecular weight is 489 g/mol. The fraction of sp³-hybridized carbons (Fsp3) is 0.400. The van der Waals surface area contributed by atoms with Crippen molar-refractivity contribution >= 4 is 11.8 Å². The maximum absolute atomic E-state index is 12.7. The lowest BCUT2D eigenvalue weighted by molar-refractivity contribution is -0.942. The average Bonchev–Trinajstić information content (AvgIpc) is 3.39. The van der Waals surface area contributed by atoms with Crippen molar-refractivity contribution in [1.82, 2.24) is 4.98 Å². The summed E-state index contributed by atoms with van der Waals surface area (Å²) in [6, 6.07) is 22.7.